The van der Waals surface area contributed by atoms with Gasteiger partial charge < -0.3 is 13.7 Å². The van der Waals surface area contributed by atoms with Gasteiger partial charge in [0, 0.05) is 70.4 Å². The lowest BCUT2D eigenvalue weighted by Gasteiger charge is -2.26. The van der Waals surface area contributed by atoms with Crippen LogP contribution in [0.2, 0.25) is 0 Å². The summed E-state index contributed by atoms with van der Waals surface area (Å²) < 4.78 is 8.04. The third-order valence-corrected chi connectivity index (χ3v) is 15.8. The fourth-order valence-electron chi connectivity index (χ4n) is 11.1. The molecule has 0 aliphatic rings. The number of hydrogen-bond acceptors (Lipinski definition) is 2. The molecule has 0 aliphatic heterocycles. The van der Waals surface area contributed by atoms with Gasteiger partial charge in [-0.15, -0.1) is 11.3 Å². The molecule has 0 amide bonds. The Labute approximate surface area is 389 Å². The Kier molecular flexibility index (Phi) is 7.99. The van der Waals surface area contributed by atoms with E-state index in [4.69, 9.17) is 0 Å². The van der Waals surface area contributed by atoms with Crippen LogP contribution in [0.1, 0.15) is 79.0 Å². The van der Waals surface area contributed by atoms with Gasteiger partial charge in [0.2, 0.25) is 0 Å². The standard InChI is InChI=1S/C62H53N3S/c1-60(2,3)37-30-45(36-24-26-42(27-25-36)63(40-18-12-10-13-19-40)41-20-14-11-15-21-41)54-47(32-37)48-33-38(61(4,5)6)34-49-53-51(64(54)55(48)49)29-28-43-46-31-39(62(7,8)9)35-50-56(46)65(57(43)53)58-44-22-16-17-23-52(44)66-59(50)58/h10-35H,1-9H3. The third kappa shape index (κ3) is 5.48. The van der Waals surface area contributed by atoms with Gasteiger partial charge in [0.25, 0.3) is 0 Å². The molecule has 13 rings (SSSR count). The Morgan fingerprint density at radius 2 is 0.879 bits per heavy atom. The monoisotopic (exact) mass is 871 g/mol. The van der Waals surface area contributed by atoms with E-state index in [-0.39, 0.29) is 16.2 Å². The summed E-state index contributed by atoms with van der Waals surface area (Å²) in [6.07, 6.45) is 0. The molecular formula is C62H53N3S. The van der Waals surface area contributed by atoms with Crippen LogP contribution in [-0.4, -0.2) is 8.80 Å². The number of aromatic nitrogens is 2. The Morgan fingerprint density at radius 1 is 0.379 bits per heavy atom. The van der Waals surface area contributed by atoms with Gasteiger partial charge in [0.1, 0.15) is 0 Å². The van der Waals surface area contributed by atoms with Gasteiger partial charge in [-0.3, -0.25) is 0 Å². The highest BCUT2D eigenvalue weighted by molar-refractivity contribution is 7.26. The lowest BCUT2D eigenvalue weighted by atomic mass is 9.83. The van der Waals surface area contributed by atoms with Crippen LogP contribution in [-0.2, 0) is 16.2 Å². The largest absolute Gasteiger partial charge is 0.311 e. The molecule has 322 valence electrons. The van der Waals surface area contributed by atoms with E-state index in [0.717, 1.165) is 17.1 Å². The predicted octanol–water partition coefficient (Wildman–Crippen LogP) is 18.2. The second-order valence-corrected chi connectivity index (χ2v) is 22.9. The second-order valence-electron chi connectivity index (χ2n) is 21.9. The van der Waals surface area contributed by atoms with E-state index in [1.54, 1.807) is 0 Å². The van der Waals surface area contributed by atoms with Crippen molar-refractivity contribution in [2.45, 2.75) is 78.6 Å². The third-order valence-electron chi connectivity index (χ3n) is 14.6. The average Bonchev–Trinajstić information content (AvgIpc) is 4.09. The first kappa shape index (κ1) is 39.5. The van der Waals surface area contributed by atoms with E-state index in [0.29, 0.717) is 0 Å². The number of nitrogens with zero attached hydrogens (tertiary/aromatic N) is 3. The van der Waals surface area contributed by atoms with Gasteiger partial charge in [-0.1, -0.05) is 135 Å². The summed E-state index contributed by atoms with van der Waals surface area (Å²) >= 11 is 1.95. The molecule has 0 atom stereocenters. The number of para-hydroxylation sites is 2. The minimum atomic E-state index is -0.0639. The maximum atomic E-state index is 2.67. The van der Waals surface area contributed by atoms with Gasteiger partial charge in [-0.25, -0.2) is 0 Å². The average molecular weight is 872 g/mol. The highest BCUT2D eigenvalue weighted by Gasteiger charge is 2.31. The van der Waals surface area contributed by atoms with Crippen LogP contribution in [0.15, 0.2) is 158 Å². The Morgan fingerprint density at radius 3 is 1.50 bits per heavy atom. The highest BCUT2D eigenvalue weighted by atomic mass is 32.1. The van der Waals surface area contributed by atoms with Crippen LogP contribution in [0.4, 0.5) is 17.1 Å². The number of fused-ring (bicyclic) bond motifs is 15. The lowest BCUT2D eigenvalue weighted by molar-refractivity contribution is 0.591. The summed E-state index contributed by atoms with van der Waals surface area (Å²) in [5.74, 6) is 0. The maximum Gasteiger partial charge on any atom is 0.0728 e. The molecule has 0 N–H and O–H groups in total. The Hall–Kier alpha value is -6.88. The molecule has 4 heteroatoms. The minimum Gasteiger partial charge on any atom is -0.311 e. The van der Waals surface area contributed by atoms with Crippen molar-refractivity contribution in [3.63, 3.8) is 0 Å². The summed E-state index contributed by atoms with van der Waals surface area (Å²) in [7, 11) is 0. The first-order chi connectivity index (χ1) is 31.6. The van der Waals surface area contributed by atoms with Gasteiger partial charge in [-0.05, 0) is 123 Å². The molecule has 8 aromatic carbocycles. The number of thiophene rings is 1. The normalized spacial score (nSPS) is 13.2. The number of hydrogen-bond donors (Lipinski definition) is 0. The van der Waals surface area contributed by atoms with Crippen molar-refractivity contribution in [1.29, 1.82) is 0 Å². The molecule has 0 fully saturated rings. The van der Waals surface area contributed by atoms with Crippen LogP contribution in [0.3, 0.4) is 0 Å². The fourth-order valence-corrected chi connectivity index (χ4v) is 12.3. The van der Waals surface area contributed by atoms with Gasteiger partial charge in [0.05, 0.1) is 37.8 Å². The van der Waals surface area contributed by atoms with Crippen LogP contribution in [0, 0.1) is 0 Å². The van der Waals surface area contributed by atoms with Crippen LogP contribution in [0.5, 0.6) is 0 Å². The van der Waals surface area contributed by atoms with Crippen molar-refractivity contribution in [2.75, 3.05) is 4.90 Å². The Bertz CT molecular complexity index is 4030. The zero-order valence-corrected chi connectivity index (χ0v) is 40.1. The van der Waals surface area contributed by atoms with Crippen LogP contribution >= 0.6 is 11.3 Å². The molecule has 13 aromatic rings. The molecule has 5 aromatic heterocycles. The molecule has 3 nitrogen and oxygen atoms in total. The number of anilines is 3. The van der Waals surface area contributed by atoms with E-state index < -0.39 is 0 Å². The SMILES string of the molecule is CC(C)(C)c1cc(-c2ccc(N(c3ccccc3)c3ccccc3)cc2)c2c(c1)c1cc(C(C)(C)C)cc3c4c(ccc5c6cc(C(C)(C)C)cc7c8sc9ccccc9c8n(c67)c54)n2c13. The van der Waals surface area contributed by atoms with Crippen LogP contribution < -0.4 is 4.90 Å². The molecule has 0 radical (unpaired) electrons. The van der Waals surface area contributed by atoms with Crippen molar-refractivity contribution >= 4 is 114 Å². The second kappa shape index (κ2) is 13.4. The molecule has 0 saturated carbocycles. The molecule has 0 saturated heterocycles. The number of benzene rings is 8. The summed E-state index contributed by atoms with van der Waals surface area (Å²) in [5, 5.41) is 10.7. The smallest absolute Gasteiger partial charge is 0.0728 e. The van der Waals surface area contributed by atoms with Crippen LogP contribution in [0.25, 0.3) is 96.7 Å². The minimum absolute atomic E-state index is 0.00161. The van der Waals surface area contributed by atoms with Crippen molar-refractivity contribution in [3.8, 4) is 11.1 Å². The maximum absolute atomic E-state index is 2.67. The molecule has 0 unspecified atom stereocenters. The van der Waals surface area contributed by atoms with Crippen molar-refractivity contribution in [1.82, 2.24) is 8.80 Å². The van der Waals surface area contributed by atoms with E-state index in [9.17, 15) is 0 Å². The molecule has 66 heavy (non-hydrogen) atoms. The quantitative estimate of drug-likeness (QED) is 0.172. The summed E-state index contributed by atoms with van der Waals surface area (Å²) in [5.41, 5.74) is 17.7. The van der Waals surface area contributed by atoms with Gasteiger partial charge in [-0.2, -0.15) is 0 Å². The van der Waals surface area contributed by atoms with E-state index in [1.807, 2.05) is 11.3 Å². The van der Waals surface area contributed by atoms with Crippen molar-refractivity contribution in [3.05, 3.63) is 174 Å². The zero-order valence-electron chi connectivity index (χ0n) is 39.3. The zero-order chi connectivity index (χ0) is 45.2. The first-order valence-corrected chi connectivity index (χ1v) is 24.3. The number of rotatable bonds is 4. The molecule has 5 heterocycles. The van der Waals surface area contributed by atoms with Gasteiger partial charge >= 0.3 is 0 Å². The summed E-state index contributed by atoms with van der Waals surface area (Å²) in [4.78, 5) is 2.35. The summed E-state index contributed by atoms with van der Waals surface area (Å²) in [6.45, 7) is 21.2. The first-order valence-electron chi connectivity index (χ1n) is 23.5. The summed E-state index contributed by atoms with van der Waals surface area (Å²) in [6, 6.07) is 59.7. The van der Waals surface area contributed by atoms with E-state index >= 15 is 0 Å². The topological polar surface area (TPSA) is 12.1 Å². The molecular weight excluding hydrogens is 819 g/mol. The lowest BCUT2D eigenvalue weighted by Crippen LogP contribution is -2.11. The predicted molar refractivity (Wildman–Crippen MR) is 287 cm³/mol. The highest BCUT2D eigenvalue weighted by Crippen LogP contribution is 2.52. The Balaban J connectivity index is 1.18. The van der Waals surface area contributed by atoms with Crippen molar-refractivity contribution in [2.24, 2.45) is 0 Å². The van der Waals surface area contributed by atoms with E-state index in [1.165, 1.54) is 113 Å². The fraction of sp³-hybridized carbons (Fsp3) is 0.194. The molecule has 0 aliphatic carbocycles. The van der Waals surface area contributed by atoms with Gasteiger partial charge in [0.15, 0.2) is 0 Å². The molecule has 0 bridgehead atoms. The van der Waals surface area contributed by atoms with E-state index in [2.05, 4.69) is 234 Å². The van der Waals surface area contributed by atoms with Crippen molar-refractivity contribution < 1.29 is 0 Å². The molecule has 0 spiro atoms.